The topological polar surface area (TPSA) is 56.1 Å². The number of nitrogens with zero attached hydrogens (tertiary/aromatic N) is 2. The normalized spacial score (nSPS) is 11.8. The molecule has 1 heterocycles. The number of carbonyl (C=O) groups excluding carboxylic acids is 1. The SMILES string of the molecule is Cc1cccc(OCC(=O)N[C@H](C)c2ccc(-n3ccnc3)cc2)c1. The Morgan fingerprint density at radius 2 is 2.04 bits per heavy atom. The second-order valence-corrected chi connectivity index (χ2v) is 5.96. The van der Waals surface area contributed by atoms with Crippen LogP contribution in [0.4, 0.5) is 0 Å². The van der Waals surface area contributed by atoms with Crippen molar-refractivity contribution in [3.05, 3.63) is 78.4 Å². The zero-order valence-electron chi connectivity index (χ0n) is 14.3. The van der Waals surface area contributed by atoms with Gasteiger partial charge in [0, 0.05) is 18.1 Å². The summed E-state index contributed by atoms with van der Waals surface area (Å²) >= 11 is 0. The third kappa shape index (κ3) is 4.47. The second kappa shape index (κ2) is 7.66. The number of ether oxygens (including phenoxy) is 1. The zero-order chi connectivity index (χ0) is 17.6. The van der Waals surface area contributed by atoms with Gasteiger partial charge < -0.3 is 14.6 Å². The zero-order valence-corrected chi connectivity index (χ0v) is 14.3. The van der Waals surface area contributed by atoms with Crippen molar-refractivity contribution in [1.29, 1.82) is 0 Å². The fourth-order valence-corrected chi connectivity index (χ4v) is 2.57. The van der Waals surface area contributed by atoms with E-state index < -0.39 is 0 Å². The van der Waals surface area contributed by atoms with Crippen molar-refractivity contribution in [3.8, 4) is 11.4 Å². The molecule has 3 rings (SSSR count). The van der Waals surface area contributed by atoms with Gasteiger partial charge in [-0.15, -0.1) is 0 Å². The first-order valence-electron chi connectivity index (χ1n) is 8.19. The van der Waals surface area contributed by atoms with Gasteiger partial charge in [-0.3, -0.25) is 4.79 Å². The predicted molar refractivity (Wildman–Crippen MR) is 96.8 cm³/mol. The van der Waals surface area contributed by atoms with Gasteiger partial charge in [0.1, 0.15) is 5.75 Å². The van der Waals surface area contributed by atoms with Gasteiger partial charge in [-0.05, 0) is 49.2 Å². The molecule has 3 aromatic rings. The first-order chi connectivity index (χ1) is 12.1. The van der Waals surface area contributed by atoms with Crippen LogP contribution in [0.5, 0.6) is 5.75 Å². The third-order valence-corrected chi connectivity index (χ3v) is 3.93. The summed E-state index contributed by atoms with van der Waals surface area (Å²) in [6, 6.07) is 15.6. The molecule has 0 aliphatic heterocycles. The highest BCUT2D eigenvalue weighted by Gasteiger charge is 2.10. The van der Waals surface area contributed by atoms with Crippen LogP contribution in [0.1, 0.15) is 24.1 Å². The van der Waals surface area contributed by atoms with Crippen LogP contribution in [-0.4, -0.2) is 22.1 Å². The van der Waals surface area contributed by atoms with Gasteiger partial charge in [-0.1, -0.05) is 24.3 Å². The van der Waals surface area contributed by atoms with Crippen LogP contribution < -0.4 is 10.1 Å². The van der Waals surface area contributed by atoms with E-state index in [0.717, 1.165) is 16.8 Å². The van der Waals surface area contributed by atoms with Crippen LogP contribution in [0.15, 0.2) is 67.3 Å². The minimum absolute atomic E-state index is 0.000906. The molecule has 0 unspecified atom stereocenters. The molecule has 0 radical (unpaired) electrons. The Balaban J connectivity index is 1.54. The molecule has 0 spiro atoms. The van der Waals surface area contributed by atoms with E-state index in [-0.39, 0.29) is 18.6 Å². The van der Waals surface area contributed by atoms with Crippen molar-refractivity contribution in [1.82, 2.24) is 14.9 Å². The first kappa shape index (κ1) is 16.8. The van der Waals surface area contributed by atoms with Crippen molar-refractivity contribution in [2.45, 2.75) is 19.9 Å². The van der Waals surface area contributed by atoms with Crippen LogP contribution in [-0.2, 0) is 4.79 Å². The van der Waals surface area contributed by atoms with Crippen LogP contribution in [0.2, 0.25) is 0 Å². The van der Waals surface area contributed by atoms with Crippen LogP contribution >= 0.6 is 0 Å². The van der Waals surface area contributed by atoms with Gasteiger partial charge in [-0.25, -0.2) is 4.98 Å². The monoisotopic (exact) mass is 335 g/mol. The van der Waals surface area contributed by atoms with Gasteiger partial charge in [0.15, 0.2) is 6.61 Å². The molecule has 0 fully saturated rings. The van der Waals surface area contributed by atoms with Gasteiger partial charge in [0.2, 0.25) is 0 Å². The Bertz CT molecular complexity index is 826. The van der Waals surface area contributed by atoms with Gasteiger partial charge >= 0.3 is 0 Å². The molecule has 1 N–H and O–H groups in total. The van der Waals surface area contributed by atoms with E-state index in [1.807, 2.05) is 73.1 Å². The molecule has 0 saturated heterocycles. The first-order valence-corrected chi connectivity index (χ1v) is 8.19. The highest BCUT2D eigenvalue weighted by atomic mass is 16.5. The molecule has 1 aromatic heterocycles. The molecule has 1 amide bonds. The van der Waals surface area contributed by atoms with Crippen molar-refractivity contribution >= 4 is 5.91 Å². The largest absolute Gasteiger partial charge is 0.484 e. The lowest BCUT2D eigenvalue weighted by molar-refractivity contribution is -0.123. The minimum Gasteiger partial charge on any atom is -0.484 e. The fourth-order valence-electron chi connectivity index (χ4n) is 2.57. The number of hydrogen-bond acceptors (Lipinski definition) is 3. The quantitative estimate of drug-likeness (QED) is 0.751. The molecule has 0 saturated carbocycles. The molecule has 0 bridgehead atoms. The smallest absolute Gasteiger partial charge is 0.258 e. The van der Waals surface area contributed by atoms with Crippen molar-refractivity contribution in [2.75, 3.05) is 6.61 Å². The maximum Gasteiger partial charge on any atom is 0.258 e. The second-order valence-electron chi connectivity index (χ2n) is 5.96. The number of amides is 1. The highest BCUT2D eigenvalue weighted by molar-refractivity contribution is 5.78. The summed E-state index contributed by atoms with van der Waals surface area (Å²) < 4.78 is 7.46. The molecule has 0 aliphatic rings. The number of rotatable bonds is 6. The number of benzene rings is 2. The lowest BCUT2D eigenvalue weighted by Crippen LogP contribution is -2.31. The summed E-state index contributed by atoms with van der Waals surface area (Å²) in [5.41, 5.74) is 3.17. The Morgan fingerprint density at radius 3 is 2.72 bits per heavy atom. The Kier molecular flexibility index (Phi) is 5.14. The van der Waals surface area contributed by atoms with E-state index in [9.17, 15) is 4.79 Å². The van der Waals surface area contributed by atoms with Crippen LogP contribution in [0.25, 0.3) is 5.69 Å². The summed E-state index contributed by atoms with van der Waals surface area (Å²) in [7, 11) is 0. The molecule has 5 heteroatoms. The Hall–Kier alpha value is -3.08. The summed E-state index contributed by atoms with van der Waals surface area (Å²) in [5.74, 6) is 0.556. The number of nitrogens with one attached hydrogen (secondary N) is 1. The number of imidazole rings is 1. The van der Waals surface area contributed by atoms with Crippen molar-refractivity contribution in [2.24, 2.45) is 0 Å². The maximum absolute atomic E-state index is 12.1. The van der Waals surface area contributed by atoms with Crippen molar-refractivity contribution in [3.63, 3.8) is 0 Å². The molecule has 0 aliphatic carbocycles. The van der Waals surface area contributed by atoms with Crippen molar-refractivity contribution < 1.29 is 9.53 Å². The summed E-state index contributed by atoms with van der Waals surface area (Å²) in [6.07, 6.45) is 5.39. The highest BCUT2D eigenvalue weighted by Crippen LogP contribution is 2.16. The molecular weight excluding hydrogens is 314 g/mol. The molecule has 128 valence electrons. The fraction of sp³-hybridized carbons (Fsp3) is 0.200. The number of aryl methyl sites for hydroxylation is 1. The Labute approximate surface area is 147 Å². The van der Waals surface area contributed by atoms with E-state index in [1.165, 1.54) is 0 Å². The van der Waals surface area contributed by atoms with E-state index >= 15 is 0 Å². The number of carbonyl (C=O) groups is 1. The molecule has 25 heavy (non-hydrogen) atoms. The average molecular weight is 335 g/mol. The summed E-state index contributed by atoms with van der Waals surface area (Å²) in [4.78, 5) is 16.1. The lowest BCUT2D eigenvalue weighted by Gasteiger charge is -2.15. The van der Waals surface area contributed by atoms with E-state index in [4.69, 9.17) is 4.74 Å². The lowest BCUT2D eigenvalue weighted by atomic mass is 10.1. The summed E-state index contributed by atoms with van der Waals surface area (Å²) in [6.45, 7) is 3.94. The Morgan fingerprint density at radius 1 is 1.24 bits per heavy atom. The van der Waals surface area contributed by atoms with E-state index in [0.29, 0.717) is 5.75 Å². The summed E-state index contributed by atoms with van der Waals surface area (Å²) in [5, 5.41) is 2.95. The average Bonchev–Trinajstić information content (AvgIpc) is 3.15. The number of aromatic nitrogens is 2. The predicted octanol–water partition coefficient (Wildman–Crippen LogP) is 3.44. The standard InChI is InChI=1S/C20H21N3O2/c1-15-4-3-5-19(12-15)25-13-20(24)22-16(2)17-6-8-18(9-7-17)23-11-10-21-14-23/h3-12,14,16H,13H2,1-2H3,(H,22,24)/t16-/m1/s1. The molecule has 2 aromatic carbocycles. The maximum atomic E-state index is 12.1. The molecule has 1 atom stereocenters. The van der Waals surface area contributed by atoms with Crippen LogP contribution in [0.3, 0.4) is 0 Å². The van der Waals surface area contributed by atoms with Gasteiger partial charge in [-0.2, -0.15) is 0 Å². The van der Waals surface area contributed by atoms with Gasteiger partial charge in [0.25, 0.3) is 5.91 Å². The van der Waals surface area contributed by atoms with E-state index in [2.05, 4.69) is 10.3 Å². The minimum atomic E-state index is -0.146. The third-order valence-electron chi connectivity index (χ3n) is 3.93. The van der Waals surface area contributed by atoms with Gasteiger partial charge in [0.05, 0.1) is 12.4 Å². The molecular formula is C20H21N3O2. The number of hydrogen-bond donors (Lipinski definition) is 1. The van der Waals surface area contributed by atoms with E-state index in [1.54, 1.807) is 12.5 Å². The van der Waals surface area contributed by atoms with Crippen LogP contribution in [0, 0.1) is 6.92 Å². The molecule has 5 nitrogen and oxygen atoms in total.